The molecule has 1 saturated heterocycles. The van der Waals surface area contributed by atoms with E-state index in [1.165, 1.54) is 16.7 Å². The van der Waals surface area contributed by atoms with Crippen LogP contribution in [-0.2, 0) is 4.79 Å². The van der Waals surface area contributed by atoms with Gasteiger partial charge in [-0.05, 0) is 35.9 Å². The number of hydrogen-bond acceptors (Lipinski definition) is 4. The third-order valence-electron chi connectivity index (χ3n) is 3.58. The Bertz CT molecular complexity index is 894. The van der Waals surface area contributed by atoms with Crippen molar-refractivity contribution in [3.8, 4) is 0 Å². The van der Waals surface area contributed by atoms with Crippen LogP contribution in [0.1, 0.15) is 15.9 Å². The first-order chi connectivity index (χ1) is 12.0. The fourth-order valence-corrected chi connectivity index (χ4v) is 3.55. The Morgan fingerprint density at radius 3 is 2.48 bits per heavy atom. The van der Waals surface area contributed by atoms with Crippen LogP contribution >= 0.6 is 35.6 Å². The lowest BCUT2D eigenvalue weighted by Gasteiger charge is -2.07. The number of halogens is 1. The first kappa shape index (κ1) is 17.7. The van der Waals surface area contributed by atoms with Crippen molar-refractivity contribution in [3.63, 3.8) is 0 Å². The number of carbonyl (C=O) groups is 2. The highest BCUT2D eigenvalue weighted by Gasteiger charge is 2.28. The molecule has 1 aliphatic heterocycles. The number of nitrogens with zero attached hydrogens (tertiary/aromatic N) is 1. The molecule has 1 aliphatic rings. The molecule has 0 saturated carbocycles. The Balaban J connectivity index is 1.74. The summed E-state index contributed by atoms with van der Waals surface area (Å²) in [6.07, 6.45) is 1.76. The second-order valence-corrected chi connectivity index (χ2v) is 7.38. The maximum Gasteiger partial charge on any atom is 0.265 e. The number of amides is 2. The van der Waals surface area contributed by atoms with Crippen LogP contribution in [0.15, 0.2) is 53.4 Å². The lowest BCUT2D eigenvalue weighted by Crippen LogP contribution is -2.22. The zero-order valence-corrected chi connectivity index (χ0v) is 15.5. The number of carbonyl (C=O) groups excluding carboxylic acids is 2. The van der Waals surface area contributed by atoms with Gasteiger partial charge in [-0.1, -0.05) is 59.8 Å². The number of hydrogen-bond donors (Lipinski definition) is 1. The molecular weight excluding hydrogens is 376 g/mol. The second kappa shape index (κ2) is 7.39. The summed E-state index contributed by atoms with van der Waals surface area (Å²) in [6.45, 7) is 0. The molecule has 2 aromatic carbocycles. The van der Waals surface area contributed by atoms with E-state index in [4.69, 9.17) is 23.8 Å². The number of likely N-dealkylation sites (N-methyl/N-ethyl adjacent to an activating group) is 1. The van der Waals surface area contributed by atoms with Crippen LogP contribution in [0.2, 0.25) is 5.02 Å². The lowest BCUT2D eigenvalue weighted by atomic mass is 10.1. The molecule has 1 heterocycles. The Morgan fingerprint density at radius 1 is 1.20 bits per heavy atom. The first-order valence-electron chi connectivity index (χ1n) is 7.33. The minimum absolute atomic E-state index is 0.115. The Kier molecular flexibility index (Phi) is 5.22. The number of nitrogens with one attached hydrogen (secondary N) is 1. The summed E-state index contributed by atoms with van der Waals surface area (Å²) in [7, 11) is 1.65. The van der Waals surface area contributed by atoms with Crippen molar-refractivity contribution in [2.24, 2.45) is 0 Å². The Labute approximate surface area is 159 Å². The van der Waals surface area contributed by atoms with E-state index in [-0.39, 0.29) is 11.8 Å². The number of para-hydroxylation sites is 1. The van der Waals surface area contributed by atoms with Crippen LogP contribution in [-0.4, -0.2) is 28.1 Å². The minimum atomic E-state index is -0.250. The summed E-state index contributed by atoms with van der Waals surface area (Å²) in [5.74, 6) is -0.366. The topological polar surface area (TPSA) is 49.4 Å². The van der Waals surface area contributed by atoms with E-state index < -0.39 is 0 Å². The normalized spacial score (nSPS) is 15.8. The molecule has 0 atom stereocenters. The average molecular weight is 389 g/mol. The summed E-state index contributed by atoms with van der Waals surface area (Å²) in [6, 6.07) is 14.0. The molecular formula is C18H13ClN2O2S2. The molecule has 0 spiro atoms. The summed E-state index contributed by atoms with van der Waals surface area (Å²) >= 11 is 12.4. The molecule has 25 heavy (non-hydrogen) atoms. The highest BCUT2D eigenvalue weighted by molar-refractivity contribution is 8.26. The van der Waals surface area contributed by atoms with Gasteiger partial charge in [-0.15, -0.1) is 0 Å². The number of anilines is 1. The van der Waals surface area contributed by atoms with Crippen LogP contribution in [0.3, 0.4) is 0 Å². The van der Waals surface area contributed by atoms with E-state index in [0.717, 1.165) is 5.56 Å². The van der Waals surface area contributed by atoms with Gasteiger partial charge in [0.15, 0.2) is 0 Å². The zero-order chi connectivity index (χ0) is 18.0. The van der Waals surface area contributed by atoms with Gasteiger partial charge >= 0.3 is 0 Å². The molecule has 3 rings (SSSR count). The molecule has 1 N–H and O–H groups in total. The van der Waals surface area contributed by atoms with E-state index in [2.05, 4.69) is 5.32 Å². The van der Waals surface area contributed by atoms with Crippen molar-refractivity contribution in [3.05, 3.63) is 69.6 Å². The fourth-order valence-electron chi connectivity index (χ4n) is 2.18. The van der Waals surface area contributed by atoms with Crippen molar-refractivity contribution in [2.75, 3.05) is 12.4 Å². The van der Waals surface area contributed by atoms with Crippen LogP contribution in [0, 0.1) is 0 Å². The summed E-state index contributed by atoms with van der Waals surface area (Å²) in [5.41, 5.74) is 1.88. The van der Waals surface area contributed by atoms with Crippen molar-refractivity contribution in [2.45, 2.75) is 0 Å². The molecule has 2 aromatic rings. The van der Waals surface area contributed by atoms with E-state index >= 15 is 0 Å². The molecule has 2 amide bonds. The van der Waals surface area contributed by atoms with Gasteiger partial charge in [0.05, 0.1) is 15.6 Å². The number of thiocarbonyl (C=S) groups is 1. The van der Waals surface area contributed by atoms with Gasteiger partial charge < -0.3 is 5.32 Å². The third kappa shape index (κ3) is 3.92. The van der Waals surface area contributed by atoms with Crippen molar-refractivity contribution in [1.29, 1.82) is 0 Å². The summed E-state index contributed by atoms with van der Waals surface area (Å²) < 4.78 is 0.534. The van der Waals surface area contributed by atoms with Gasteiger partial charge in [0.25, 0.3) is 11.8 Å². The van der Waals surface area contributed by atoms with Gasteiger partial charge in [-0.25, -0.2) is 0 Å². The van der Waals surface area contributed by atoms with Crippen LogP contribution in [0.5, 0.6) is 0 Å². The van der Waals surface area contributed by atoms with Crippen molar-refractivity contribution < 1.29 is 9.59 Å². The van der Waals surface area contributed by atoms with Crippen molar-refractivity contribution >= 4 is 63.5 Å². The molecule has 7 heteroatoms. The molecule has 1 fully saturated rings. The summed E-state index contributed by atoms with van der Waals surface area (Å²) in [5, 5.41) is 3.25. The zero-order valence-electron chi connectivity index (χ0n) is 13.2. The maximum atomic E-state index is 12.3. The Morgan fingerprint density at radius 2 is 1.88 bits per heavy atom. The van der Waals surface area contributed by atoms with Gasteiger partial charge in [0.1, 0.15) is 4.32 Å². The van der Waals surface area contributed by atoms with Gasteiger partial charge in [0, 0.05) is 12.6 Å². The molecule has 126 valence electrons. The van der Waals surface area contributed by atoms with Crippen LogP contribution in [0.4, 0.5) is 5.69 Å². The van der Waals surface area contributed by atoms with Gasteiger partial charge in [-0.3, -0.25) is 14.5 Å². The standard InChI is InChI=1S/C18H13ClN2O2S2/c1-21-17(23)15(25-18(21)24)10-11-6-8-12(9-7-11)16(22)20-14-5-3-2-4-13(14)19/h2-10H,1H3,(H,20,22). The molecule has 0 bridgehead atoms. The second-order valence-electron chi connectivity index (χ2n) is 5.30. The minimum Gasteiger partial charge on any atom is -0.321 e. The van der Waals surface area contributed by atoms with Gasteiger partial charge in [0.2, 0.25) is 0 Å². The third-order valence-corrected chi connectivity index (χ3v) is 5.39. The number of benzene rings is 2. The largest absolute Gasteiger partial charge is 0.321 e. The highest BCUT2D eigenvalue weighted by atomic mass is 35.5. The molecule has 4 nitrogen and oxygen atoms in total. The van der Waals surface area contributed by atoms with Gasteiger partial charge in [-0.2, -0.15) is 0 Å². The SMILES string of the molecule is CN1C(=O)C(=Cc2ccc(C(=O)Nc3ccccc3Cl)cc2)SC1=S. The van der Waals surface area contributed by atoms with E-state index in [9.17, 15) is 9.59 Å². The highest BCUT2D eigenvalue weighted by Crippen LogP contribution is 2.31. The molecule has 0 radical (unpaired) electrons. The fraction of sp³-hybridized carbons (Fsp3) is 0.0556. The monoisotopic (exact) mass is 388 g/mol. The number of rotatable bonds is 3. The smallest absolute Gasteiger partial charge is 0.265 e. The molecule has 0 unspecified atom stereocenters. The lowest BCUT2D eigenvalue weighted by molar-refractivity contribution is -0.121. The maximum absolute atomic E-state index is 12.3. The van der Waals surface area contributed by atoms with Crippen LogP contribution in [0.25, 0.3) is 6.08 Å². The number of thioether (sulfide) groups is 1. The predicted molar refractivity (Wildman–Crippen MR) is 107 cm³/mol. The first-order valence-corrected chi connectivity index (χ1v) is 8.93. The van der Waals surface area contributed by atoms with E-state index in [0.29, 0.717) is 25.5 Å². The van der Waals surface area contributed by atoms with E-state index in [1.54, 1.807) is 61.7 Å². The van der Waals surface area contributed by atoms with Crippen LogP contribution < -0.4 is 5.32 Å². The summed E-state index contributed by atoms with van der Waals surface area (Å²) in [4.78, 5) is 26.3. The van der Waals surface area contributed by atoms with E-state index in [1.807, 2.05) is 0 Å². The molecule has 0 aromatic heterocycles. The predicted octanol–water partition coefficient (Wildman–Crippen LogP) is 4.42. The average Bonchev–Trinajstić information content (AvgIpc) is 2.84. The Hall–Kier alpha value is -2.15. The quantitative estimate of drug-likeness (QED) is 0.624. The van der Waals surface area contributed by atoms with Crippen molar-refractivity contribution in [1.82, 2.24) is 4.90 Å². The molecule has 0 aliphatic carbocycles.